The van der Waals surface area contributed by atoms with E-state index >= 15 is 0 Å². The fourth-order valence-electron chi connectivity index (χ4n) is 1.68. The minimum atomic E-state index is -1.92. The van der Waals surface area contributed by atoms with Crippen LogP contribution < -0.4 is 10.1 Å². The first kappa shape index (κ1) is 17.7. The Balaban J connectivity index is 2.13. The Bertz CT molecular complexity index is 678. The van der Waals surface area contributed by atoms with E-state index in [0.29, 0.717) is 11.3 Å². The van der Waals surface area contributed by atoms with Crippen molar-refractivity contribution >= 4 is 46.5 Å². The number of nitrogens with one attached hydrogen (secondary N) is 1. The molecule has 0 saturated heterocycles. The van der Waals surface area contributed by atoms with E-state index in [-0.39, 0.29) is 11.5 Å². The first-order valence-electron chi connectivity index (χ1n) is 6.46. The molecule has 0 bridgehead atoms. The van der Waals surface area contributed by atoms with E-state index in [1.165, 1.54) is 19.3 Å². The van der Waals surface area contributed by atoms with Gasteiger partial charge in [-0.05, 0) is 43.3 Å². The minimum Gasteiger partial charge on any atom is -0.466 e. The summed E-state index contributed by atoms with van der Waals surface area (Å²) < 4.78 is 8.55. The van der Waals surface area contributed by atoms with Gasteiger partial charge in [-0.2, -0.15) is 0 Å². The van der Waals surface area contributed by atoms with Crippen molar-refractivity contribution in [1.82, 2.24) is 5.32 Å². The molecule has 0 radical (unpaired) electrons. The second kappa shape index (κ2) is 7.25. The first-order valence-corrected chi connectivity index (χ1v) is 7.59. The molecule has 0 fully saturated rings. The highest BCUT2D eigenvalue weighted by atomic mass is 35.6. The summed E-state index contributed by atoms with van der Waals surface area (Å²) in [6.45, 7) is 1.45. The number of alkyl halides is 3. The molecule has 1 N–H and O–H groups in total. The van der Waals surface area contributed by atoms with Crippen molar-refractivity contribution in [2.45, 2.75) is 16.9 Å². The number of benzene rings is 1. The number of halogens is 3. The van der Waals surface area contributed by atoms with E-state index in [4.69, 9.17) is 44.0 Å². The monoisotopic (exact) mass is 375 g/mol. The third-order valence-electron chi connectivity index (χ3n) is 2.82. The Kier molecular flexibility index (Phi) is 5.57. The quantitative estimate of drug-likeness (QED) is 0.487. The second-order valence-corrected chi connectivity index (χ2v) is 6.94. The van der Waals surface area contributed by atoms with Crippen LogP contribution in [-0.4, -0.2) is 21.7 Å². The summed E-state index contributed by atoms with van der Waals surface area (Å²) in [5.74, 6) is -0.293. The average Bonchev–Trinajstić information content (AvgIpc) is 3.00. The normalized spacial score (nSPS) is 12.5. The van der Waals surface area contributed by atoms with Gasteiger partial charge >= 0.3 is 0 Å². The molecule has 2 rings (SSSR count). The van der Waals surface area contributed by atoms with Gasteiger partial charge in [0.05, 0.1) is 6.26 Å². The van der Waals surface area contributed by atoms with Gasteiger partial charge in [-0.1, -0.05) is 34.8 Å². The molecule has 0 aliphatic carbocycles. The van der Waals surface area contributed by atoms with E-state index in [2.05, 4.69) is 5.32 Å². The summed E-state index contributed by atoms with van der Waals surface area (Å²) in [6, 6.07) is 9.24. The lowest BCUT2D eigenvalue weighted by Gasteiger charge is -2.26. The van der Waals surface area contributed by atoms with Gasteiger partial charge in [-0.3, -0.25) is 9.59 Å². The summed E-state index contributed by atoms with van der Waals surface area (Å²) >= 11 is 17.5. The third-order valence-corrected chi connectivity index (χ3v) is 3.41. The maximum atomic E-state index is 12.0. The van der Waals surface area contributed by atoms with E-state index in [1.807, 2.05) is 0 Å². The van der Waals surface area contributed by atoms with Crippen molar-refractivity contribution in [3.8, 4) is 5.75 Å². The van der Waals surface area contributed by atoms with E-state index in [1.54, 1.807) is 30.3 Å². The van der Waals surface area contributed by atoms with Crippen LogP contribution in [0.2, 0.25) is 0 Å². The highest BCUT2D eigenvalue weighted by molar-refractivity contribution is 6.68. The van der Waals surface area contributed by atoms with E-state index in [0.717, 1.165) is 0 Å². The number of furan rings is 1. The van der Waals surface area contributed by atoms with E-state index < -0.39 is 15.9 Å². The molecule has 0 aliphatic heterocycles. The number of hydrogen-bond donors (Lipinski definition) is 1. The Morgan fingerprint density at radius 1 is 1.17 bits per heavy atom. The fourth-order valence-corrected chi connectivity index (χ4v) is 1.98. The fraction of sp³-hybridized carbons (Fsp3) is 0.200. The highest BCUT2D eigenvalue weighted by Gasteiger charge is 2.36. The Morgan fingerprint density at radius 2 is 1.83 bits per heavy atom. The van der Waals surface area contributed by atoms with Gasteiger partial charge < -0.3 is 14.5 Å². The smallest absolute Gasteiger partial charge is 0.289 e. The number of rotatable bonds is 5. The van der Waals surface area contributed by atoms with Crippen molar-refractivity contribution < 1.29 is 18.7 Å². The summed E-state index contributed by atoms with van der Waals surface area (Å²) in [4.78, 5) is 23.2. The molecular weight excluding hydrogens is 365 g/mol. The molecule has 0 unspecified atom stereocenters. The maximum absolute atomic E-state index is 12.0. The number of Topliss-reactive ketones (excluding diaryl/α,β-unsaturated/α-hetero) is 1. The van der Waals surface area contributed by atoms with Crippen LogP contribution in [0.25, 0.3) is 0 Å². The lowest BCUT2D eigenvalue weighted by atomic mass is 10.1. The summed E-state index contributed by atoms with van der Waals surface area (Å²) in [5, 5.41) is 2.43. The maximum Gasteiger partial charge on any atom is 0.289 e. The van der Waals surface area contributed by atoms with Gasteiger partial charge in [-0.25, -0.2) is 0 Å². The minimum absolute atomic E-state index is 0.0553. The van der Waals surface area contributed by atoms with Crippen LogP contribution >= 0.6 is 34.8 Å². The van der Waals surface area contributed by atoms with Crippen LogP contribution in [0.4, 0.5) is 0 Å². The lowest BCUT2D eigenvalue weighted by Crippen LogP contribution is -2.47. The molecule has 2 aromatic rings. The Hall–Kier alpha value is -1.69. The number of amides is 1. The van der Waals surface area contributed by atoms with Crippen LogP contribution in [0.5, 0.6) is 5.75 Å². The van der Waals surface area contributed by atoms with Gasteiger partial charge in [0.25, 0.3) is 5.91 Å². The zero-order valence-electron chi connectivity index (χ0n) is 11.9. The number of ether oxygens (including phenoxy) is 1. The molecule has 0 spiro atoms. The molecule has 5 nitrogen and oxygen atoms in total. The molecule has 0 aliphatic rings. The summed E-state index contributed by atoms with van der Waals surface area (Å²) in [6.07, 6.45) is 0.0916. The topological polar surface area (TPSA) is 68.5 Å². The van der Waals surface area contributed by atoms with Gasteiger partial charge in [0.1, 0.15) is 5.75 Å². The summed E-state index contributed by atoms with van der Waals surface area (Å²) in [7, 11) is 0. The molecular formula is C15H12Cl3NO4. The lowest BCUT2D eigenvalue weighted by molar-refractivity contribution is 0.0805. The van der Waals surface area contributed by atoms with Gasteiger partial charge in [-0.15, -0.1) is 0 Å². The second-order valence-electron chi connectivity index (χ2n) is 4.57. The molecule has 23 heavy (non-hydrogen) atoms. The molecule has 122 valence electrons. The van der Waals surface area contributed by atoms with Gasteiger partial charge in [0, 0.05) is 5.56 Å². The number of carbonyl (C=O) groups is 2. The molecule has 1 aromatic heterocycles. The molecule has 1 amide bonds. The van der Waals surface area contributed by atoms with Gasteiger partial charge in [0.15, 0.2) is 11.5 Å². The standard InChI is InChI=1S/C15H12Cl3NO4/c1-9(20)10-4-6-11(7-5-10)23-14(15(16,17)18)19-13(21)12-3-2-8-22-12/h2-8,14H,1H3,(H,19,21)/t14-/m1/s1. The van der Waals surface area contributed by atoms with Crippen LogP contribution in [0.1, 0.15) is 27.8 Å². The molecule has 0 saturated carbocycles. The van der Waals surface area contributed by atoms with E-state index in [9.17, 15) is 9.59 Å². The third kappa shape index (κ3) is 4.89. The molecule has 1 heterocycles. The average molecular weight is 377 g/mol. The van der Waals surface area contributed by atoms with Crippen molar-refractivity contribution in [2.75, 3.05) is 0 Å². The van der Waals surface area contributed by atoms with Crippen LogP contribution in [0, 0.1) is 0 Å². The Labute approximate surface area is 147 Å². The van der Waals surface area contributed by atoms with Crippen molar-refractivity contribution in [2.24, 2.45) is 0 Å². The Morgan fingerprint density at radius 3 is 2.30 bits per heavy atom. The highest BCUT2D eigenvalue weighted by Crippen LogP contribution is 2.32. The molecule has 8 heteroatoms. The predicted octanol–water partition coefficient (Wildman–Crippen LogP) is 3.99. The van der Waals surface area contributed by atoms with Gasteiger partial charge in [0.2, 0.25) is 10.0 Å². The van der Waals surface area contributed by atoms with Crippen molar-refractivity contribution in [3.05, 3.63) is 54.0 Å². The predicted molar refractivity (Wildman–Crippen MR) is 87.3 cm³/mol. The molecule has 1 aromatic carbocycles. The number of ketones is 1. The number of hydrogen-bond acceptors (Lipinski definition) is 4. The van der Waals surface area contributed by atoms with Crippen LogP contribution in [0.3, 0.4) is 0 Å². The largest absolute Gasteiger partial charge is 0.466 e. The molecule has 1 atom stereocenters. The van der Waals surface area contributed by atoms with Crippen molar-refractivity contribution in [1.29, 1.82) is 0 Å². The number of carbonyl (C=O) groups excluding carboxylic acids is 2. The summed E-state index contributed by atoms with van der Waals surface area (Å²) in [5.41, 5.74) is 0.516. The zero-order chi connectivity index (χ0) is 17.0. The van der Waals surface area contributed by atoms with Crippen LogP contribution in [-0.2, 0) is 0 Å². The first-order chi connectivity index (χ1) is 10.8. The van der Waals surface area contributed by atoms with Crippen molar-refractivity contribution in [3.63, 3.8) is 0 Å². The SMILES string of the molecule is CC(=O)c1ccc(O[C@@H](NC(=O)c2ccco2)C(Cl)(Cl)Cl)cc1. The zero-order valence-corrected chi connectivity index (χ0v) is 14.2. The van der Waals surface area contributed by atoms with Crippen LogP contribution in [0.15, 0.2) is 47.1 Å².